The molecule has 0 saturated carbocycles. The first-order valence-corrected chi connectivity index (χ1v) is 8.37. The lowest BCUT2D eigenvalue weighted by molar-refractivity contribution is -0.154. The number of pyridine rings is 1. The summed E-state index contributed by atoms with van der Waals surface area (Å²) in [5.74, 6) is 0.0588. The summed E-state index contributed by atoms with van der Waals surface area (Å²) in [7, 11) is 0. The minimum absolute atomic E-state index is 0.0588. The summed E-state index contributed by atoms with van der Waals surface area (Å²) in [5.41, 5.74) is 2.21. The maximum atomic E-state index is 12.4. The second-order valence-electron chi connectivity index (χ2n) is 6.44. The lowest BCUT2D eigenvalue weighted by atomic mass is 10.1. The topological polar surface area (TPSA) is 45.7 Å². The first kappa shape index (κ1) is 15.3. The highest BCUT2D eigenvalue weighted by Crippen LogP contribution is 2.26. The van der Waals surface area contributed by atoms with Crippen LogP contribution in [0.3, 0.4) is 0 Å². The van der Waals surface area contributed by atoms with Crippen molar-refractivity contribution in [3.63, 3.8) is 0 Å². The van der Waals surface area contributed by atoms with Crippen LogP contribution in [0.2, 0.25) is 0 Å². The van der Waals surface area contributed by atoms with Crippen LogP contribution in [0.15, 0.2) is 54.7 Å². The Balaban J connectivity index is 1.47. The van der Waals surface area contributed by atoms with E-state index in [1.807, 2.05) is 29.2 Å². The summed E-state index contributed by atoms with van der Waals surface area (Å²) in [5, 5.41) is 0. The average molecular weight is 323 g/mol. The molecule has 1 aromatic carbocycles. The van der Waals surface area contributed by atoms with E-state index in [0.717, 1.165) is 25.3 Å². The fourth-order valence-electron chi connectivity index (χ4n) is 3.58. The van der Waals surface area contributed by atoms with E-state index >= 15 is 0 Å². The minimum Gasteiger partial charge on any atom is -0.365 e. The Morgan fingerprint density at radius 2 is 1.88 bits per heavy atom. The molecule has 2 aromatic rings. The molecule has 4 rings (SSSR count). The van der Waals surface area contributed by atoms with E-state index in [0.29, 0.717) is 6.54 Å². The van der Waals surface area contributed by atoms with Crippen LogP contribution in [0.5, 0.6) is 0 Å². The Morgan fingerprint density at radius 3 is 2.67 bits per heavy atom. The van der Waals surface area contributed by atoms with E-state index in [-0.39, 0.29) is 24.7 Å². The molecule has 0 bridgehead atoms. The number of amides is 1. The van der Waals surface area contributed by atoms with E-state index in [2.05, 4.69) is 34.1 Å². The van der Waals surface area contributed by atoms with E-state index < -0.39 is 0 Å². The first-order valence-electron chi connectivity index (χ1n) is 8.37. The number of hydrogen-bond acceptors (Lipinski definition) is 4. The van der Waals surface area contributed by atoms with Crippen molar-refractivity contribution in [1.82, 2.24) is 14.8 Å². The fraction of sp³-hybridized carbons (Fsp3) is 0.368. The van der Waals surface area contributed by atoms with Crippen LogP contribution in [-0.4, -0.2) is 52.5 Å². The second-order valence-corrected chi connectivity index (χ2v) is 6.44. The number of rotatable bonds is 4. The molecule has 5 heteroatoms. The molecule has 3 heterocycles. The van der Waals surface area contributed by atoms with Gasteiger partial charge < -0.3 is 9.64 Å². The van der Waals surface area contributed by atoms with Gasteiger partial charge in [0.1, 0.15) is 6.61 Å². The molecule has 0 spiro atoms. The molecule has 2 saturated heterocycles. The van der Waals surface area contributed by atoms with Gasteiger partial charge in [-0.3, -0.25) is 14.7 Å². The number of carbonyl (C=O) groups excluding carboxylic acids is 1. The number of ether oxygens (including phenoxy) is 1. The Morgan fingerprint density at radius 1 is 1.04 bits per heavy atom. The third-order valence-corrected chi connectivity index (χ3v) is 4.76. The molecule has 2 fully saturated rings. The van der Waals surface area contributed by atoms with Crippen LogP contribution in [-0.2, 0) is 22.6 Å². The van der Waals surface area contributed by atoms with E-state index in [1.165, 1.54) is 5.56 Å². The van der Waals surface area contributed by atoms with Crippen molar-refractivity contribution in [2.75, 3.05) is 19.7 Å². The zero-order valence-electron chi connectivity index (χ0n) is 13.5. The summed E-state index contributed by atoms with van der Waals surface area (Å²) >= 11 is 0. The summed E-state index contributed by atoms with van der Waals surface area (Å²) in [6.07, 6.45) is 1.86. The number of aromatic nitrogens is 1. The molecular weight excluding hydrogens is 302 g/mol. The smallest absolute Gasteiger partial charge is 0.249 e. The third kappa shape index (κ3) is 3.18. The number of hydrogen-bond donors (Lipinski definition) is 0. The Hall–Kier alpha value is -2.24. The second kappa shape index (κ2) is 6.71. The Labute approximate surface area is 141 Å². The standard InChI is InChI=1S/C19H21N3O2/c23-19-14-24-18-13-21(10-15-6-2-1-3-7-15)12-17(18)22(19)11-16-8-4-5-9-20-16/h1-9,17-18H,10-14H2/t17-,18+/m1/s1. The van der Waals surface area contributed by atoms with Gasteiger partial charge in [0.05, 0.1) is 24.4 Å². The van der Waals surface area contributed by atoms with Crippen molar-refractivity contribution >= 4 is 5.91 Å². The number of likely N-dealkylation sites (tertiary alicyclic amines) is 1. The number of nitrogens with zero attached hydrogens (tertiary/aromatic N) is 3. The van der Waals surface area contributed by atoms with Gasteiger partial charge >= 0.3 is 0 Å². The molecule has 5 nitrogen and oxygen atoms in total. The highest BCUT2D eigenvalue weighted by atomic mass is 16.5. The lowest BCUT2D eigenvalue weighted by Crippen LogP contribution is -2.53. The lowest BCUT2D eigenvalue weighted by Gasteiger charge is -2.36. The van der Waals surface area contributed by atoms with Crippen molar-refractivity contribution in [1.29, 1.82) is 0 Å². The summed E-state index contributed by atoms with van der Waals surface area (Å²) in [6, 6.07) is 16.4. The third-order valence-electron chi connectivity index (χ3n) is 4.76. The van der Waals surface area contributed by atoms with Crippen LogP contribution in [0.1, 0.15) is 11.3 Å². The van der Waals surface area contributed by atoms with E-state index in [9.17, 15) is 4.79 Å². The SMILES string of the molecule is O=C1CO[C@H]2CN(Cc3ccccc3)C[C@H]2N1Cc1ccccn1. The van der Waals surface area contributed by atoms with Gasteiger partial charge in [0.2, 0.25) is 5.91 Å². The van der Waals surface area contributed by atoms with Gasteiger partial charge in [0.25, 0.3) is 0 Å². The molecule has 2 aliphatic heterocycles. The van der Waals surface area contributed by atoms with E-state index in [1.54, 1.807) is 6.20 Å². The summed E-state index contributed by atoms with van der Waals surface area (Å²) in [6.45, 7) is 3.34. The summed E-state index contributed by atoms with van der Waals surface area (Å²) < 4.78 is 5.80. The van der Waals surface area contributed by atoms with Crippen molar-refractivity contribution in [3.8, 4) is 0 Å². The van der Waals surface area contributed by atoms with Crippen LogP contribution >= 0.6 is 0 Å². The predicted octanol–water partition coefficient (Wildman–Crippen LogP) is 1.69. The van der Waals surface area contributed by atoms with Crippen molar-refractivity contribution in [2.24, 2.45) is 0 Å². The molecular formula is C19H21N3O2. The molecule has 1 amide bonds. The van der Waals surface area contributed by atoms with Crippen molar-refractivity contribution in [3.05, 3.63) is 66.0 Å². The molecule has 0 unspecified atom stereocenters. The predicted molar refractivity (Wildman–Crippen MR) is 90.0 cm³/mol. The van der Waals surface area contributed by atoms with Gasteiger partial charge in [-0.15, -0.1) is 0 Å². The molecule has 0 aliphatic carbocycles. The zero-order valence-corrected chi connectivity index (χ0v) is 13.5. The number of fused-ring (bicyclic) bond motifs is 1. The van der Waals surface area contributed by atoms with Crippen LogP contribution in [0, 0.1) is 0 Å². The van der Waals surface area contributed by atoms with Gasteiger partial charge in [-0.05, 0) is 17.7 Å². The highest BCUT2D eigenvalue weighted by molar-refractivity contribution is 5.78. The molecule has 0 radical (unpaired) electrons. The van der Waals surface area contributed by atoms with Gasteiger partial charge in [0.15, 0.2) is 0 Å². The molecule has 124 valence electrons. The van der Waals surface area contributed by atoms with Gasteiger partial charge in [0, 0.05) is 25.8 Å². The first-order chi connectivity index (χ1) is 11.8. The monoisotopic (exact) mass is 323 g/mol. The quantitative estimate of drug-likeness (QED) is 0.859. The van der Waals surface area contributed by atoms with Crippen molar-refractivity contribution in [2.45, 2.75) is 25.2 Å². The normalized spacial score (nSPS) is 24.2. The van der Waals surface area contributed by atoms with Gasteiger partial charge in [-0.1, -0.05) is 36.4 Å². The Bertz CT molecular complexity index is 692. The summed E-state index contributed by atoms with van der Waals surface area (Å²) in [4.78, 5) is 21.0. The molecule has 1 aromatic heterocycles. The molecule has 24 heavy (non-hydrogen) atoms. The molecule has 0 N–H and O–H groups in total. The Kier molecular flexibility index (Phi) is 4.28. The maximum Gasteiger partial charge on any atom is 0.249 e. The minimum atomic E-state index is 0.0588. The molecule has 2 atom stereocenters. The van der Waals surface area contributed by atoms with Gasteiger partial charge in [-0.25, -0.2) is 0 Å². The van der Waals surface area contributed by atoms with E-state index in [4.69, 9.17) is 4.74 Å². The highest BCUT2D eigenvalue weighted by Gasteiger charge is 2.43. The largest absolute Gasteiger partial charge is 0.365 e. The maximum absolute atomic E-state index is 12.4. The van der Waals surface area contributed by atoms with Crippen LogP contribution in [0.4, 0.5) is 0 Å². The fourth-order valence-corrected chi connectivity index (χ4v) is 3.58. The number of carbonyl (C=O) groups is 1. The zero-order chi connectivity index (χ0) is 16.4. The van der Waals surface area contributed by atoms with Crippen molar-refractivity contribution < 1.29 is 9.53 Å². The van der Waals surface area contributed by atoms with Gasteiger partial charge in [-0.2, -0.15) is 0 Å². The molecule has 2 aliphatic rings. The van der Waals surface area contributed by atoms with Crippen LogP contribution in [0.25, 0.3) is 0 Å². The van der Waals surface area contributed by atoms with Crippen LogP contribution < -0.4 is 0 Å². The average Bonchev–Trinajstić information content (AvgIpc) is 3.02. The number of benzene rings is 1. The number of morpholine rings is 1.